The van der Waals surface area contributed by atoms with Crippen LogP contribution in [-0.2, 0) is 0 Å². The Kier molecular flexibility index (Phi) is 3.15. The molecule has 1 aromatic rings. The summed E-state index contributed by atoms with van der Waals surface area (Å²) in [5.41, 5.74) is 7.52. The van der Waals surface area contributed by atoms with Gasteiger partial charge in [-0.1, -0.05) is 12.1 Å². The van der Waals surface area contributed by atoms with Gasteiger partial charge < -0.3 is 10.6 Å². The molecule has 2 rings (SSSR count). The lowest BCUT2D eigenvalue weighted by Crippen LogP contribution is -2.29. The van der Waals surface area contributed by atoms with E-state index in [4.69, 9.17) is 5.73 Å². The van der Waals surface area contributed by atoms with Crippen LogP contribution in [0.2, 0.25) is 0 Å². The molecule has 0 radical (unpaired) electrons. The third-order valence-electron chi connectivity index (χ3n) is 3.35. The first-order valence-corrected chi connectivity index (χ1v) is 5.92. The van der Waals surface area contributed by atoms with Gasteiger partial charge in [0, 0.05) is 18.6 Å². The minimum Gasteiger partial charge on any atom is -0.366 e. The summed E-state index contributed by atoms with van der Waals surface area (Å²) in [4.78, 5) is 2.15. The molecule has 1 saturated heterocycles. The molecule has 0 aliphatic carbocycles. The van der Waals surface area contributed by atoms with Gasteiger partial charge in [-0.15, -0.1) is 0 Å². The molecular weight excluding hydrogens is 203 g/mol. The number of nitrogens with two attached hydrogens (primary N) is 1. The van der Waals surface area contributed by atoms with Crippen LogP contribution in [0.15, 0.2) is 18.2 Å². The summed E-state index contributed by atoms with van der Waals surface area (Å²) in [6.45, 7) is 4.98. The SMILES string of the molecule is CC(N)c1cccc(F)c1N1CCCC1C. The van der Waals surface area contributed by atoms with E-state index < -0.39 is 0 Å². The summed E-state index contributed by atoms with van der Waals surface area (Å²) >= 11 is 0. The Balaban J connectivity index is 2.45. The van der Waals surface area contributed by atoms with Crippen LogP contribution in [0.4, 0.5) is 10.1 Å². The maximum Gasteiger partial charge on any atom is 0.146 e. The minimum absolute atomic E-state index is 0.126. The number of nitrogens with zero attached hydrogens (tertiary/aromatic N) is 1. The van der Waals surface area contributed by atoms with Crippen molar-refractivity contribution in [2.45, 2.75) is 38.8 Å². The fourth-order valence-corrected chi connectivity index (χ4v) is 2.47. The van der Waals surface area contributed by atoms with Gasteiger partial charge in [0.1, 0.15) is 5.82 Å². The van der Waals surface area contributed by atoms with Crippen molar-refractivity contribution in [2.24, 2.45) is 5.73 Å². The van der Waals surface area contributed by atoms with Crippen LogP contribution in [-0.4, -0.2) is 12.6 Å². The number of halogens is 1. The standard InChI is InChI=1S/C13H19FN2/c1-9-5-4-8-16(9)13-11(10(2)15)6-3-7-12(13)14/h3,6-7,9-10H,4-5,8,15H2,1-2H3. The summed E-state index contributed by atoms with van der Waals surface area (Å²) in [5, 5.41) is 0. The van der Waals surface area contributed by atoms with Crippen LogP contribution < -0.4 is 10.6 Å². The average Bonchev–Trinajstić information content (AvgIpc) is 2.64. The number of hydrogen-bond acceptors (Lipinski definition) is 2. The summed E-state index contributed by atoms with van der Waals surface area (Å²) in [5.74, 6) is -0.149. The number of anilines is 1. The second kappa shape index (κ2) is 4.42. The Morgan fingerprint density at radius 2 is 2.25 bits per heavy atom. The number of benzene rings is 1. The van der Waals surface area contributed by atoms with Gasteiger partial charge in [-0.2, -0.15) is 0 Å². The molecule has 2 unspecified atom stereocenters. The predicted octanol–water partition coefficient (Wildman–Crippen LogP) is 2.83. The highest BCUT2D eigenvalue weighted by atomic mass is 19.1. The average molecular weight is 222 g/mol. The van der Waals surface area contributed by atoms with Crippen LogP contribution in [0.5, 0.6) is 0 Å². The van der Waals surface area contributed by atoms with E-state index in [2.05, 4.69) is 11.8 Å². The second-order valence-electron chi connectivity index (χ2n) is 4.65. The minimum atomic E-state index is -0.149. The molecule has 1 aliphatic rings. The summed E-state index contributed by atoms with van der Waals surface area (Å²) < 4.78 is 13.9. The number of para-hydroxylation sites is 1. The Bertz CT molecular complexity index is 376. The first-order valence-electron chi connectivity index (χ1n) is 5.92. The molecule has 88 valence electrons. The van der Waals surface area contributed by atoms with E-state index >= 15 is 0 Å². The molecule has 1 heterocycles. The molecule has 0 aromatic heterocycles. The van der Waals surface area contributed by atoms with Crippen LogP contribution in [0.3, 0.4) is 0 Å². The van der Waals surface area contributed by atoms with Gasteiger partial charge in [0.25, 0.3) is 0 Å². The lowest BCUT2D eigenvalue weighted by atomic mass is 10.0. The first-order chi connectivity index (χ1) is 7.61. The Labute approximate surface area is 96.2 Å². The largest absolute Gasteiger partial charge is 0.366 e. The van der Waals surface area contributed by atoms with E-state index in [9.17, 15) is 4.39 Å². The van der Waals surface area contributed by atoms with Gasteiger partial charge in [0.15, 0.2) is 0 Å². The molecule has 0 bridgehead atoms. The molecule has 3 heteroatoms. The van der Waals surface area contributed by atoms with Crippen molar-refractivity contribution in [3.05, 3.63) is 29.6 Å². The van der Waals surface area contributed by atoms with E-state index in [1.165, 1.54) is 6.07 Å². The molecule has 16 heavy (non-hydrogen) atoms. The second-order valence-corrected chi connectivity index (χ2v) is 4.65. The quantitative estimate of drug-likeness (QED) is 0.833. The third kappa shape index (κ3) is 1.92. The van der Waals surface area contributed by atoms with Crippen molar-refractivity contribution >= 4 is 5.69 Å². The van der Waals surface area contributed by atoms with E-state index in [0.717, 1.165) is 24.9 Å². The molecule has 0 amide bonds. The highest BCUT2D eigenvalue weighted by Crippen LogP contribution is 2.33. The number of rotatable bonds is 2. The van der Waals surface area contributed by atoms with Crippen molar-refractivity contribution in [3.8, 4) is 0 Å². The van der Waals surface area contributed by atoms with Gasteiger partial charge in [-0.25, -0.2) is 4.39 Å². The molecule has 0 spiro atoms. The van der Waals surface area contributed by atoms with Crippen molar-refractivity contribution in [1.29, 1.82) is 0 Å². The summed E-state index contributed by atoms with van der Waals surface area (Å²) in [7, 11) is 0. The van der Waals surface area contributed by atoms with Crippen LogP contribution in [0, 0.1) is 5.82 Å². The molecule has 2 N–H and O–H groups in total. The molecule has 0 saturated carbocycles. The molecule has 1 fully saturated rings. The summed E-state index contributed by atoms with van der Waals surface area (Å²) in [6, 6.07) is 5.46. The van der Waals surface area contributed by atoms with Crippen molar-refractivity contribution in [3.63, 3.8) is 0 Å². The monoisotopic (exact) mass is 222 g/mol. The van der Waals surface area contributed by atoms with Crippen molar-refractivity contribution in [2.75, 3.05) is 11.4 Å². The Morgan fingerprint density at radius 1 is 1.50 bits per heavy atom. The maximum absolute atomic E-state index is 13.9. The van der Waals surface area contributed by atoms with E-state index in [-0.39, 0.29) is 11.9 Å². The third-order valence-corrected chi connectivity index (χ3v) is 3.35. The predicted molar refractivity (Wildman–Crippen MR) is 65.0 cm³/mol. The number of hydrogen-bond donors (Lipinski definition) is 1. The maximum atomic E-state index is 13.9. The van der Waals surface area contributed by atoms with Gasteiger partial charge in [-0.05, 0) is 38.3 Å². The van der Waals surface area contributed by atoms with Crippen molar-refractivity contribution in [1.82, 2.24) is 0 Å². The van der Waals surface area contributed by atoms with Gasteiger partial charge >= 0.3 is 0 Å². The normalized spacial score (nSPS) is 22.5. The molecule has 1 aliphatic heterocycles. The lowest BCUT2D eigenvalue weighted by molar-refractivity contribution is 0.606. The smallest absolute Gasteiger partial charge is 0.146 e. The Hall–Kier alpha value is -1.09. The van der Waals surface area contributed by atoms with Crippen LogP contribution in [0.25, 0.3) is 0 Å². The molecule has 2 nitrogen and oxygen atoms in total. The topological polar surface area (TPSA) is 29.3 Å². The molecular formula is C13H19FN2. The molecule has 1 aromatic carbocycles. The highest BCUT2D eigenvalue weighted by molar-refractivity contribution is 5.57. The van der Waals surface area contributed by atoms with E-state index in [1.54, 1.807) is 6.07 Å². The van der Waals surface area contributed by atoms with E-state index in [0.29, 0.717) is 11.7 Å². The van der Waals surface area contributed by atoms with Gasteiger partial charge in [0.2, 0.25) is 0 Å². The zero-order valence-electron chi connectivity index (χ0n) is 9.91. The summed E-state index contributed by atoms with van der Waals surface area (Å²) in [6.07, 6.45) is 2.26. The zero-order chi connectivity index (χ0) is 11.7. The van der Waals surface area contributed by atoms with Crippen LogP contribution in [0.1, 0.15) is 38.3 Å². The fraction of sp³-hybridized carbons (Fsp3) is 0.538. The lowest BCUT2D eigenvalue weighted by Gasteiger charge is -2.28. The highest BCUT2D eigenvalue weighted by Gasteiger charge is 2.25. The van der Waals surface area contributed by atoms with E-state index in [1.807, 2.05) is 13.0 Å². The van der Waals surface area contributed by atoms with Gasteiger partial charge in [-0.3, -0.25) is 0 Å². The molecule has 2 atom stereocenters. The fourth-order valence-electron chi connectivity index (χ4n) is 2.47. The Morgan fingerprint density at radius 3 is 2.81 bits per heavy atom. The van der Waals surface area contributed by atoms with Crippen LogP contribution >= 0.6 is 0 Å². The van der Waals surface area contributed by atoms with Crippen molar-refractivity contribution < 1.29 is 4.39 Å². The first kappa shape index (κ1) is 11.4. The van der Waals surface area contributed by atoms with Gasteiger partial charge in [0.05, 0.1) is 5.69 Å². The zero-order valence-corrected chi connectivity index (χ0v) is 9.91.